The van der Waals surface area contributed by atoms with Crippen molar-refractivity contribution in [3.8, 4) is 17.2 Å². The van der Waals surface area contributed by atoms with E-state index < -0.39 is 5.97 Å². The minimum Gasteiger partial charge on any atom is -0.508 e. The van der Waals surface area contributed by atoms with E-state index in [2.05, 4.69) is 4.98 Å². The lowest BCUT2D eigenvalue weighted by Gasteiger charge is -2.24. The van der Waals surface area contributed by atoms with Crippen LogP contribution in [0.4, 0.5) is 0 Å². The summed E-state index contributed by atoms with van der Waals surface area (Å²) >= 11 is 0. The van der Waals surface area contributed by atoms with E-state index in [1.54, 1.807) is 18.3 Å². The van der Waals surface area contributed by atoms with Crippen molar-refractivity contribution in [2.24, 2.45) is 0 Å². The van der Waals surface area contributed by atoms with E-state index in [0.29, 0.717) is 11.3 Å². The first-order chi connectivity index (χ1) is 9.15. The van der Waals surface area contributed by atoms with E-state index in [1.807, 2.05) is 6.07 Å². The van der Waals surface area contributed by atoms with Crippen molar-refractivity contribution in [2.75, 3.05) is 0 Å². The van der Waals surface area contributed by atoms with Crippen LogP contribution in [0.3, 0.4) is 0 Å². The Hall–Kier alpha value is -2.56. The molecule has 0 bridgehead atoms. The molecule has 3 rings (SSSR count). The summed E-state index contributed by atoms with van der Waals surface area (Å²) in [6, 6.07) is 7.94. The molecule has 1 aliphatic heterocycles. The van der Waals surface area contributed by atoms with Gasteiger partial charge in [-0.1, -0.05) is 6.07 Å². The highest BCUT2D eigenvalue weighted by Crippen LogP contribution is 2.44. The van der Waals surface area contributed by atoms with E-state index in [-0.39, 0.29) is 29.6 Å². The Morgan fingerprint density at radius 1 is 1.26 bits per heavy atom. The minimum atomic E-state index is -0.409. The number of benzene rings is 1. The molecule has 2 aromatic rings. The summed E-state index contributed by atoms with van der Waals surface area (Å²) in [6.07, 6.45) is 1.74. The molecule has 96 valence electrons. The van der Waals surface area contributed by atoms with Crippen molar-refractivity contribution in [3.05, 3.63) is 47.8 Å². The lowest BCUT2D eigenvalue weighted by molar-refractivity contribution is -0.135. The van der Waals surface area contributed by atoms with Gasteiger partial charge in [-0.2, -0.15) is 0 Å². The van der Waals surface area contributed by atoms with Crippen LogP contribution in [0.5, 0.6) is 17.2 Å². The average Bonchev–Trinajstić information content (AvgIpc) is 2.38. The molecule has 0 saturated heterocycles. The first kappa shape index (κ1) is 11.5. The molecule has 1 atom stereocenters. The van der Waals surface area contributed by atoms with Gasteiger partial charge in [0.1, 0.15) is 17.2 Å². The molecule has 0 fully saturated rings. The van der Waals surface area contributed by atoms with Gasteiger partial charge < -0.3 is 14.9 Å². The van der Waals surface area contributed by atoms with Crippen molar-refractivity contribution in [3.63, 3.8) is 0 Å². The lowest BCUT2D eigenvalue weighted by Crippen LogP contribution is -2.21. The van der Waals surface area contributed by atoms with Crippen LogP contribution in [-0.4, -0.2) is 21.2 Å². The molecular weight excluding hydrogens is 246 g/mol. The van der Waals surface area contributed by atoms with E-state index in [9.17, 15) is 15.0 Å². The molecule has 0 saturated carbocycles. The van der Waals surface area contributed by atoms with Gasteiger partial charge in [-0.3, -0.25) is 9.78 Å². The SMILES string of the molecule is O=C1C[C@H](c2ccccn2)c2c(O)cc(O)cc2O1. The number of ether oxygens (including phenoxy) is 1. The normalized spacial score (nSPS) is 17.7. The molecule has 0 unspecified atom stereocenters. The predicted octanol–water partition coefficient (Wildman–Crippen LogP) is 1.93. The number of hydrogen-bond acceptors (Lipinski definition) is 5. The molecule has 1 aromatic carbocycles. The number of rotatable bonds is 1. The van der Waals surface area contributed by atoms with Crippen molar-refractivity contribution in [1.82, 2.24) is 4.98 Å². The molecule has 2 N–H and O–H groups in total. The first-order valence-electron chi connectivity index (χ1n) is 5.82. The number of phenols is 2. The molecule has 5 nitrogen and oxygen atoms in total. The van der Waals surface area contributed by atoms with Gasteiger partial charge >= 0.3 is 5.97 Å². The number of hydrogen-bond donors (Lipinski definition) is 2. The average molecular weight is 257 g/mol. The van der Waals surface area contributed by atoms with E-state index in [1.165, 1.54) is 12.1 Å². The maximum Gasteiger partial charge on any atom is 0.312 e. The summed E-state index contributed by atoms with van der Waals surface area (Å²) in [7, 11) is 0. The highest BCUT2D eigenvalue weighted by molar-refractivity contribution is 5.78. The largest absolute Gasteiger partial charge is 0.508 e. The highest BCUT2D eigenvalue weighted by atomic mass is 16.5. The Bertz CT molecular complexity index is 639. The van der Waals surface area contributed by atoms with Gasteiger partial charge in [0, 0.05) is 35.5 Å². The third-order valence-electron chi connectivity index (χ3n) is 3.09. The van der Waals surface area contributed by atoms with E-state index in [4.69, 9.17) is 4.74 Å². The molecular formula is C14H11NO4. The predicted molar refractivity (Wildman–Crippen MR) is 66.1 cm³/mol. The fraction of sp³-hybridized carbons (Fsp3) is 0.143. The zero-order valence-corrected chi connectivity index (χ0v) is 9.91. The quantitative estimate of drug-likeness (QED) is 0.602. The van der Waals surface area contributed by atoms with Crippen molar-refractivity contribution in [1.29, 1.82) is 0 Å². The lowest BCUT2D eigenvalue weighted by atomic mass is 9.88. The van der Waals surface area contributed by atoms with Gasteiger partial charge in [0.2, 0.25) is 0 Å². The summed E-state index contributed by atoms with van der Waals surface area (Å²) in [5.41, 5.74) is 1.16. The number of carbonyl (C=O) groups excluding carboxylic acids is 1. The summed E-state index contributed by atoms with van der Waals surface area (Å²) in [4.78, 5) is 15.8. The maximum absolute atomic E-state index is 11.6. The van der Waals surface area contributed by atoms with Crippen LogP contribution >= 0.6 is 0 Å². The maximum atomic E-state index is 11.6. The second-order valence-corrected chi connectivity index (χ2v) is 4.36. The second-order valence-electron chi connectivity index (χ2n) is 4.36. The smallest absolute Gasteiger partial charge is 0.312 e. The fourth-order valence-electron chi connectivity index (χ4n) is 2.30. The van der Waals surface area contributed by atoms with Crippen molar-refractivity contribution in [2.45, 2.75) is 12.3 Å². The number of nitrogens with zero attached hydrogens (tertiary/aromatic N) is 1. The third-order valence-corrected chi connectivity index (χ3v) is 3.09. The molecule has 1 aromatic heterocycles. The monoisotopic (exact) mass is 257 g/mol. The zero-order valence-electron chi connectivity index (χ0n) is 9.91. The third kappa shape index (κ3) is 1.99. The van der Waals surface area contributed by atoms with Crippen LogP contribution in [0.2, 0.25) is 0 Å². The van der Waals surface area contributed by atoms with Crippen LogP contribution in [-0.2, 0) is 4.79 Å². The van der Waals surface area contributed by atoms with Crippen molar-refractivity contribution >= 4 is 5.97 Å². The molecule has 0 aliphatic carbocycles. The minimum absolute atomic E-state index is 0.0989. The Morgan fingerprint density at radius 2 is 2.11 bits per heavy atom. The van der Waals surface area contributed by atoms with Crippen LogP contribution in [0.15, 0.2) is 36.5 Å². The molecule has 0 spiro atoms. The number of fused-ring (bicyclic) bond motifs is 1. The Kier molecular flexibility index (Phi) is 2.59. The van der Waals surface area contributed by atoms with Crippen LogP contribution in [0.1, 0.15) is 23.6 Å². The summed E-state index contributed by atoms with van der Waals surface area (Å²) in [5, 5.41) is 19.4. The number of pyridine rings is 1. The fourth-order valence-corrected chi connectivity index (χ4v) is 2.30. The topological polar surface area (TPSA) is 79.7 Å². The summed E-state index contributed by atoms with van der Waals surface area (Å²) in [5.74, 6) is -0.834. The van der Waals surface area contributed by atoms with Gasteiger partial charge in [-0.15, -0.1) is 0 Å². The van der Waals surface area contributed by atoms with Crippen LogP contribution in [0.25, 0.3) is 0 Å². The molecule has 0 amide bonds. The van der Waals surface area contributed by atoms with E-state index >= 15 is 0 Å². The van der Waals surface area contributed by atoms with Gasteiger partial charge in [0.25, 0.3) is 0 Å². The Labute approximate surface area is 109 Å². The van der Waals surface area contributed by atoms with Gasteiger partial charge in [0.05, 0.1) is 6.42 Å². The molecule has 5 heteroatoms. The highest BCUT2D eigenvalue weighted by Gasteiger charge is 2.32. The number of carbonyl (C=O) groups is 1. The molecule has 19 heavy (non-hydrogen) atoms. The molecule has 1 aliphatic rings. The number of aromatic nitrogens is 1. The molecule has 2 heterocycles. The zero-order chi connectivity index (χ0) is 13.4. The number of esters is 1. The Morgan fingerprint density at radius 3 is 2.84 bits per heavy atom. The van der Waals surface area contributed by atoms with Crippen LogP contribution in [0, 0.1) is 0 Å². The molecule has 0 radical (unpaired) electrons. The van der Waals surface area contributed by atoms with Crippen LogP contribution < -0.4 is 4.74 Å². The van der Waals surface area contributed by atoms with Gasteiger partial charge in [0.15, 0.2) is 0 Å². The first-order valence-corrected chi connectivity index (χ1v) is 5.82. The summed E-state index contributed by atoms with van der Waals surface area (Å²) in [6.45, 7) is 0. The Balaban J connectivity index is 2.17. The van der Waals surface area contributed by atoms with Gasteiger partial charge in [-0.25, -0.2) is 0 Å². The van der Waals surface area contributed by atoms with Crippen molar-refractivity contribution < 1.29 is 19.7 Å². The summed E-state index contributed by atoms with van der Waals surface area (Å²) < 4.78 is 5.06. The van der Waals surface area contributed by atoms with E-state index in [0.717, 1.165) is 0 Å². The number of aromatic hydroxyl groups is 2. The second kappa shape index (κ2) is 4.28. The standard InChI is InChI=1S/C14H11NO4/c16-8-5-11(17)14-9(10-3-1-2-4-15-10)7-13(18)19-12(14)6-8/h1-6,9,16-17H,7H2/t9-/m1/s1. The number of phenolic OH excluding ortho intramolecular Hbond substituents is 2. The van der Waals surface area contributed by atoms with Gasteiger partial charge in [-0.05, 0) is 12.1 Å².